The van der Waals surface area contributed by atoms with Crippen molar-refractivity contribution in [2.75, 3.05) is 51.3 Å². The Hall–Kier alpha value is -1.62. The van der Waals surface area contributed by atoms with Crippen LogP contribution < -0.4 is 15.0 Å². The molecule has 3 rings (SSSR count). The van der Waals surface area contributed by atoms with Crippen LogP contribution in [0.3, 0.4) is 0 Å². The fourth-order valence-corrected chi connectivity index (χ4v) is 3.17. The van der Waals surface area contributed by atoms with E-state index in [1.54, 1.807) is 12.4 Å². The molecule has 0 aliphatic carbocycles. The van der Waals surface area contributed by atoms with Gasteiger partial charge in [0.2, 0.25) is 5.95 Å². The van der Waals surface area contributed by atoms with Crippen LogP contribution in [0.4, 0.5) is 5.95 Å². The van der Waals surface area contributed by atoms with Gasteiger partial charge >= 0.3 is 0 Å². The summed E-state index contributed by atoms with van der Waals surface area (Å²) in [5.74, 6) is 2.54. The van der Waals surface area contributed by atoms with Crippen molar-refractivity contribution in [2.24, 2.45) is 4.99 Å². The number of nitrogens with one attached hydrogen (secondary N) is 1. The van der Waals surface area contributed by atoms with Crippen molar-refractivity contribution >= 4 is 51.8 Å². The normalized spacial score (nSPS) is 14.5. The molecule has 0 spiro atoms. The Balaban J connectivity index is 0.00000261. The van der Waals surface area contributed by atoms with Crippen LogP contribution in [-0.4, -0.2) is 67.2 Å². The first-order chi connectivity index (χ1) is 12.8. The van der Waals surface area contributed by atoms with Crippen molar-refractivity contribution in [3.8, 4) is 5.75 Å². The van der Waals surface area contributed by atoms with Crippen LogP contribution in [0, 0.1) is 0 Å². The molecule has 0 radical (unpaired) electrons. The van der Waals surface area contributed by atoms with E-state index in [-0.39, 0.29) is 24.0 Å². The molecular formula is C18H24BrIN6O. The molecule has 2 heterocycles. The predicted octanol–water partition coefficient (Wildman–Crippen LogP) is 2.63. The molecule has 27 heavy (non-hydrogen) atoms. The zero-order chi connectivity index (χ0) is 18.2. The van der Waals surface area contributed by atoms with Crippen LogP contribution in [0.1, 0.15) is 0 Å². The second kappa shape index (κ2) is 11.3. The van der Waals surface area contributed by atoms with Gasteiger partial charge in [-0.1, -0.05) is 22.0 Å². The van der Waals surface area contributed by atoms with Crippen molar-refractivity contribution in [2.45, 2.75) is 0 Å². The van der Waals surface area contributed by atoms with Gasteiger partial charge < -0.3 is 19.9 Å². The minimum atomic E-state index is 0. The Morgan fingerprint density at radius 3 is 2.59 bits per heavy atom. The second-order valence-electron chi connectivity index (χ2n) is 5.80. The summed E-state index contributed by atoms with van der Waals surface area (Å²) >= 11 is 3.45. The van der Waals surface area contributed by atoms with Crippen molar-refractivity contribution in [1.29, 1.82) is 0 Å². The van der Waals surface area contributed by atoms with Crippen LogP contribution in [0.5, 0.6) is 5.75 Å². The summed E-state index contributed by atoms with van der Waals surface area (Å²) in [7, 11) is 1.81. The van der Waals surface area contributed by atoms with Gasteiger partial charge in [-0.05, 0) is 24.3 Å². The summed E-state index contributed by atoms with van der Waals surface area (Å²) in [4.78, 5) is 17.5. The lowest BCUT2D eigenvalue weighted by Gasteiger charge is -2.36. The number of aliphatic imine (C=N–C) groups is 1. The summed E-state index contributed by atoms with van der Waals surface area (Å²) in [6.45, 7) is 4.78. The molecule has 0 amide bonds. The fourth-order valence-electron chi connectivity index (χ4n) is 2.79. The van der Waals surface area contributed by atoms with Gasteiger partial charge in [-0.15, -0.1) is 24.0 Å². The zero-order valence-corrected chi connectivity index (χ0v) is 19.1. The topological polar surface area (TPSA) is 65.9 Å². The highest BCUT2D eigenvalue weighted by molar-refractivity contribution is 14.0. The Morgan fingerprint density at radius 1 is 1.19 bits per heavy atom. The van der Waals surface area contributed by atoms with Crippen molar-refractivity contribution in [3.63, 3.8) is 0 Å². The molecular weight excluding hydrogens is 523 g/mol. The largest absolute Gasteiger partial charge is 0.492 e. The van der Waals surface area contributed by atoms with E-state index in [9.17, 15) is 0 Å². The van der Waals surface area contributed by atoms with E-state index in [0.717, 1.165) is 48.3 Å². The van der Waals surface area contributed by atoms with Crippen molar-refractivity contribution in [1.82, 2.24) is 20.2 Å². The second-order valence-corrected chi connectivity index (χ2v) is 6.72. The highest BCUT2D eigenvalue weighted by atomic mass is 127. The van der Waals surface area contributed by atoms with Crippen LogP contribution in [0.25, 0.3) is 0 Å². The maximum absolute atomic E-state index is 5.75. The van der Waals surface area contributed by atoms with Crippen molar-refractivity contribution < 1.29 is 4.74 Å². The van der Waals surface area contributed by atoms with Gasteiger partial charge in [0.25, 0.3) is 0 Å². The lowest BCUT2D eigenvalue weighted by Crippen LogP contribution is -2.53. The molecule has 2 aromatic rings. The monoisotopic (exact) mass is 546 g/mol. The molecule has 1 fully saturated rings. The summed E-state index contributed by atoms with van der Waals surface area (Å²) in [6, 6.07) is 9.68. The van der Waals surface area contributed by atoms with Gasteiger partial charge in [-0.25, -0.2) is 9.97 Å². The maximum Gasteiger partial charge on any atom is 0.225 e. The highest BCUT2D eigenvalue weighted by Gasteiger charge is 2.20. The maximum atomic E-state index is 5.75. The predicted molar refractivity (Wildman–Crippen MR) is 122 cm³/mol. The smallest absolute Gasteiger partial charge is 0.225 e. The fraction of sp³-hybridized carbons (Fsp3) is 0.389. The Morgan fingerprint density at radius 2 is 1.93 bits per heavy atom. The van der Waals surface area contributed by atoms with E-state index in [4.69, 9.17) is 4.74 Å². The first kappa shape index (κ1) is 21.7. The van der Waals surface area contributed by atoms with E-state index in [1.807, 2.05) is 37.4 Å². The number of piperazine rings is 1. The first-order valence-electron chi connectivity index (χ1n) is 8.62. The number of halogens is 2. The third kappa shape index (κ3) is 6.49. The number of rotatable bonds is 5. The Kier molecular flexibility index (Phi) is 9.05. The van der Waals surface area contributed by atoms with E-state index in [0.29, 0.717) is 13.2 Å². The molecule has 1 N–H and O–H groups in total. The molecule has 0 atom stereocenters. The number of benzene rings is 1. The molecule has 1 aromatic heterocycles. The number of guanidine groups is 1. The molecule has 0 unspecified atom stereocenters. The average molecular weight is 547 g/mol. The van der Waals surface area contributed by atoms with E-state index in [2.05, 4.69) is 46.0 Å². The van der Waals surface area contributed by atoms with Gasteiger partial charge in [-0.3, -0.25) is 4.99 Å². The number of hydrogen-bond donors (Lipinski definition) is 1. The number of hydrogen-bond acceptors (Lipinski definition) is 5. The van der Waals surface area contributed by atoms with Gasteiger partial charge in [0.15, 0.2) is 5.96 Å². The third-order valence-corrected chi connectivity index (χ3v) is 4.57. The molecule has 146 valence electrons. The Labute approximate surface area is 185 Å². The average Bonchev–Trinajstić information content (AvgIpc) is 2.69. The summed E-state index contributed by atoms with van der Waals surface area (Å²) in [5, 5.41) is 3.37. The van der Waals surface area contributed by atoms with Crippen LogP contribution >= 0.6 is 39.9 Å². The number of anilines is 1. The van der Waals surface area contributed by atoms with Gasteiger partial charge in [-0.2, -0.15) is 0 Å². The molecule has 0 bridgehead atoms. The van der Waals surface area contributed by atoms with Crippen LogP contribution in [0.15, 0.2) is 52.2 Å². The Bertz CT molecular complexity index is 725. The van der Waals surface area contributed by atoms with Crippen molar-refractivity contribution in [3.05, 3.63) is 47.2 Å². The van der Waals surface area contributed by atoms with Crippen LogP contribution in [0.2, 0.25) is 0 Å². The summed E-state index contributed by atoms with van der Waals surface area (Å²) in [5.41, 5.74) is 0. The lowest BCUT2D eigenvalue weighted by atomic mass is 10.3. The summed E-state index contributed by atoms with van der Waals surface area (Å²) < 4.78 is 6.77. The number of nitrogens with zero attached hydrogens (tertiary/aromatic N) is 5. The van der Waals surface area contributed by atoms with E-state index >= 15 is 0 Å². The standard InChI is InChI=1S/C18H23BrN6O.HI/c1-20-17(23-8-13-26-16-5-2-4-15(19)14-16)24-9-11-25(12-10-24)18-21-6-3-7-22-18;/h2-7,14H,8-13H2,1H3,(H,20,23);1H. The van der Waals surface area contributed by atoms with Gasteiger partial charge in [0, 0.05) is 50.1 Å². The SMILES string of the molecule is CN=C(NCCOc1cccc(Br)c1)N1CCN(c2ncccn2)CC1.I. The first-order valence-corrected chi connectivity index (χ1v) is 9.41. The molecule has 0 saturated carbocycles. The third-order valence-electron chi connectivity index (χ3n) is 4.08. The van der Waals surface area contributed by atoms with E-state index < -0.39 is 0 Å². The zero-order valence-electron chi connectivity index (χ0n) is 15.2. The molecule has 7 nitrogen and oxygen atoms in total. The minimum absolute atomic E-state index is 0. The number of ether oxygens (including phenoxy) is 1. The van der Waals surface area contributed by atoms with Crippen LogP contribution in [-0.2, 0) is 0 Å². The molecule has 1 aliphatic heterocycles. The number of aromatic nitrogens is 2. The lowest BCUT2D eigenvalue weighted by molar-refractivity contribution is 0.314. The highest BCUT2D eigenvalue weighted by Crippen LogP contribution is 2.17. The molecule has 1 aromatic carbocycles. The van der Waals surface area contributed by atoms with E-state index in [1.165, 1.54) is 0 Å². The quantitative estimate of drug-likeness (QED) is 0.269. The van der Waals surface area contributed by atoms with Gasteiger partial charge in [0.1, 0.15) is 12.4 Å². The molecule has 9 heteroatoms. The summed E-state index contributed by atoms with van der Waals surface area (Å²) in [6.07, 6.45) is 3.56. The van der Waals surface area contributed by atoms with Gasteiger partial charge in [0.05, 0.1) is 6.54 Å². The minimum Gasteiger partial charge on any atom is -0.492 e. The molecule has 1 saturated heterocycles. The molecule has 1 aliphatic rings.